The van der Waals surface area contributed by atoms with Gasteiger partial charge in [0.25, 0.3) is 0 Å². The smallest absolute Gasteiger partial charge is 0.0552 e. The number of nitrogens with zero attached hydrogens (tertiary/aromatic N) is 1. The van der Waals surface area contributed by atoms with E-state index >= 15 is 0 Å². The molecule has 16 heavy (non-hydrogen) atoms. The third kappa shape index (κ3) is 1.86. The lowest BCUT2D eigenvalue weighted by Gasteiger charge is -2.58. The lowest BCUT2D eigenvalue weighted by molar-refractivity contribution is -0.131. The Morgan fingerprint density at radius 3 is 2.44 bits per heavy atom. The summed E-state index contributed by atoms with van der Waals surface area (Å²) in [6.45, 7) is 3.30. The Labute approximate surface area is 101 Å². The van der Waals surface area contributed by atoms with Gasteiger partial charge in [0.1, 0.15) is 0 Å². The van der Waals surface area contributed by atoms with Crippen molar-refractivity contribution in [2.24, 2.45) is 5.41 Å². The molecule has 1 N–H and O–H groups in total. The summed E-state index contributed by atoms with van der Waals surface area (Å²) in [5.41, 5.74) is 1.78. The van der Waals surface area contributed by atoms with Gasteiger partial charge < -0.3 is 5.11 Å². The Morgan fingerprint density at radius 1 is 1.25 bits per heavy atom. The fraction of sp³-hybridized carbons (Fsp3) is 0.538. The quantitative estimate of drug-likeness (QED) is 0.853. The van der Waals surface area contributed by atoms with Crippen molar-refractivity contribution in [3.8, 4) is 0 Å². The molecule has 0 bridgehead atoms. The van der Waals surface area contributed by atoms with Crippen LogP contribution < -0.4 is 0 Å². The van der Waals surface area contributed by atoms with E-state index in [1.807, 2.05) is 12.1 Å². The number of hydrogen-bond acceptors (Lipinski definition) is 2. The van der Waals surface area contributed by atoms with Gasteiger partial charge in [-0.05, 0) is 30.5 Å². The molecule has 3 rings (SSSR count). The van der Waals surface area contributed by atoms with Gasteiger partial charge in [-0.1, -0.05) is 23.7 Å². The van der Waals surface area contributed by atoms with Crippen LogP contribution in [0.2, 0.25) is 5.02 Å². The second kappa shape index (κ2) is 3.73. The van der Waals surface area contributed by atoms with Gasteiger partial charge in [0.2, 0.25) is 0 Å². The second-order valence-electron chi connectivity index (χ2n) is 5.33. The first-order valence-corrected chi connectivity index (χ1v) is 6.18. The molecule has 1 aromatic carbocycles. The van der Waals surface area contributed by atoms with Crippen molar-refractivity contribution in [1.82, 2.24) is 4.90 Å². The Morgan fingerprint density at radius 2 is 1.88 bits per heavy atom. The molecule has 1 spiro atoms. The highest BCUT2D eigenvalue weighted by molar-refractivity contribution is 6.30. The SMILES string of the molecule is OC1CC2(C1)CN(Cc1ccc(Cl)cc1)C2. The summed E-state index contributed by atoms with van der Waals surface area (Å²) >= 11 is 5.85. The zero-order chi connectivity index (χ0) is 11.2. The van der Waals surface area contributed by atoms with E-state index in [4.69, 9.17) is 11.6 Å². The minimum absolute atomic E-state index is 0.0299. The molecule has 1 aliphatic carbocycles. The lowest BCUT2D eigenvalue weighted by atomic mass is 9.62. The topological polar surface area (TPSA) is 23.5 Å². The first-order chi connectivity index (χ1) is 7.65. The largest absolute Gasteiger partial charge is 0.393 e. The number of rotatable bonds is 2. The van der Waals surface area contributed by atoms with Crippen molar-refractivity contribution in [2.45, 2.75) is 25.5 Å². The van der Waals surface area contributed by atoms with E-state index in [1.54, 1.807) is 0 Å². The maximum Gasteiger partial charge on any atom is 0.0552 e. The number of aliphatic hydroxyl groups excluding tert-OH is 1. The summed E-state index contributed by atoms with van der Waals surface area (Å²) in [6.07, 6.45) is 1.98. The fourth-order valence-corrected chi connectivity index (χ4v) is 3.19. The van der Waals surface area contributed by atoms with Gasteiger partial charge in [0.15, 0.2) is 0 Å². The van der Waals surface area contributed by atoms with Crippen molar-refractivity contribution in [2.75, 3.05) is 13.1 Å². The van der Waals surface area contributed by atoms with Gasteiger partial charge in [0.05, 0.1) is 6.10 Å². The maximum absolute atomic E-state index is 9.32. The van der Waals surface area contributed by atoms with Gasteiger partial charge >= 0.3 is 0 Å². The van der Waals surface area contributed by atoms with E-state index in [0.717, 1.165) is 37.5 Å². The molecule has 0 aromatic heterocycles. The van der Waals surface area contributed by atoms with Crippen molar-refractivity contribution in [3.05, 3.63) is 34.9 Å². The molecule has 2 aliphatic rings. The standard InChI is InChI=1S/C13H16ClNO/c14-11-3-1-10(2-4-11)7-15-8-13(9-15)5-12(16)6-13/h1-4,12,16H,5-9H2. The highest BCUT2D eigenvalue weighted by Crippen LogP contribution is 2.48. The monoisotopic (exact) mass is 237 g/mol. The summed E-state index contributed by atoms with van der Waals surface area (Å²) in [5, 5.41) is 10.1. The van der Waals surface area contributed by atoms with Crippen LogP contribution in [0.4, 0.5) is 0 Å². The van der Waals surface area contributed by atoms with Crippen LogP contribution in [-0.2, 0) is 6.54 Å². The van der Waals surface area contributed by atoms with Crippen LogP contribution in [0.15, 0.2) is 24.3 Å². The average molecular weight is 238 g/mol. The molecule has 3 heteroatoms. The van der Waals surface area contributed by atoms with Gasteiger partial charge in [-0.3, -0.25) is 4.90 Å². The van der Waals surface area contributed by atoms with Crippen LogP contribution in [0.1, 0.15) is 18.4 Å². The molecule has 86 valence electrons. The number of aliphatic hydroxyl groups is 1. The molecule has 1 saturated carbocycles. The van der Waals surface area contributed by atoms with Crippen LogP contribution in [0, 0.1) is 5.41 Å². The Bertz CT molecular complexity index is 375. The molecule has 0 amide bonds. The lowest BCUT2D eigenvalue weighted by Crippen LogP contribution is -2.63. The molecule has 0 radical (unpaired) electrons. The Balaban J connectivity index is 1.53. The maximum atomic E-state index is 9.32. The molecular formula is C13H16ClNO. The summed E-state index contributed by atoms with van der Waals surface area (Å²) < 4.78 is 0. The molecule has 1 saturated heterocycles. The van der Waals surface area contributed by atoms with Crippen molar-refractivity contribution < 1.29 is 5.11 Å². The molecule has 0 unspecified atom stereocenters. The number of halogens is 1. The minimum atomic E-state index is -0.0299. The zero-order valence-corrected chi connectivity index (χ0v) is 9.95. The van der Waals surface area contributed by atoms with E-state index in [2.05, 4.69) is 17.0 Å². The van der Waals surface area contributed by atoms with Gasteiger partial charge in [-0.15, -0.1) is 0 Å². The van der Waals surface area contributed by atoms with Crippen LogP contribution >= 0.6 is 11.6 Å². The second-order valence-corrected chi connectivity index (χ2v) is 5.77. The third-order valence-corrected chi connectivity index (χ3v) is 4.03. The average Bonchev–Trinajstić information content (AvgIpc) is 2.16. The molecule has 0 atom stereocenters. The molecule has 1 aliphatic heterocycles. The Kier molecular flexibility index (Phi) is 2.46. The van der Waals surface area contributed by atoms with Crippen molar-refractivity contribution >= 4 is 11.6 Å². The highest BCUT2D eigenvalue weighted by atomic mass is 35.5. The summed E-state index contributed by atoms with van der Waals surface area (Å²) in [4.78, 5) is 2.44. The van der Waals surface area contributed by atoms with E-state index < -0.39 is 0 Å². The van der Waals surface area contributed by atoms with Crippen LogP contribution in [-0.4, -0.2) is 29.2 Å². The van der Waals surface area contributed by atoms with E-state index in [-0.39, 0.29) is 6.10 Å². The Hall–Kier alpha value is -0.570. The fourth-order valence-electron chi connectivity index (χ4n) is 3.06. The van der Waals surface area contributed by atoms with Crippen LogP contribution in [0.5, 0.6) is 0 Å². The highest BCUT2D eigenvalue weighted by Gasteiger charge is 2.51. The van der Waals surface area contributed by atoms with Crippen molar-refractivity contribution in [1.29, 1.82) is 0 Å². The van der Waals surface area contributed by atoms with Crippen molar-refractivity contribution in [3.63, 3.8) is 0 Å². The van der Waals surface area contributed by atoms with E-state index in [1.165, 1.54) is 5.56 Å². The predicted molar refractivity (Wildman–Crippen MR) is 64.4 cm³/mol. The summed E-state index contributed by atoms with van der Waals surface area (Å²) in [7, 11) is 0. The van der Waals surface area contributed by atoms with Gasteiger partial charge in [0, 0.05) is 30.1 Å². The molecule has 1 heterocycles. The molecule has 2 nitrogen and oxygen atoms in total. The first-order valence-electron chi connectivity index (χ1n) is 5.80. The number of likely N-dealkylation sites (tertiary alicyclic amines) is 1. The number of hydrogen-bond donors (Lipinski definition) is 1. The van der Waals surface area contributed by atoms with Gasteiger partial charge in [-0.2, -0.15) is 0 Å². The molecular weight excluding hydrogens is 222 g/mol. The molecule has 1 aromatic rings. The van der Waals surface area contributed by atoms with E-state index in [0.29, 0.717) is 5.41 Å². The van der Waals surface area contributed by atoms with Crippen LogP contribution in [0.25, 0.3) is 0 Å². The van der Waals surface area contributed by atoms with Gasteiger partial charge in [-0.25, -0.2) is 0 Å². The minimum Gasteiger partial charge on any atom is -0.393 e. The third-order valence-electron chi connectivity index (χ3n) is 3.77. The predicted octanol–water partition coefficient (Wildman–Crippen LogP) is 2.30. The summed E-state index contributed by atoms with van der Waals surface area (Å²) in [6, 6.07) is 8.06. The summed E-state index contributed by atoms with van der Waals surface area (Å²) in [5.74, 6) is 0. The first kappa shape index (κ1) is 10.6. The van der Waals surface area contributed by atoms with Crippen LogP contribution in [0.3, 0.4) is 0 Å². The number of benzene rings is 1. The molecule has 2 fully saturated rings. The van der Waals surface area contributed by atoms with E-state index in [9.17, 15) is 5.11 Å². The zero-order valence-electron chi connectivity index (χ0n) is 9.19. The normalized spacial score (nSPS) is 24.1.